The van der Waals surface area contributed by atoms with Crippen molar-refractivity contribution in [2.45, 2.75) is 13.8 Å². The van der Waals surface area contributed by atoms with Crippen LogP contribution in [0.2, 0.25) is 4.34 Å². The van der Waals surface area contributed by atoms with Gasteiger partial charge in [0, 0.05) is 4.47 Å². The Morgan fingerprint density at radius 2 is 2.04 bits per heavy atom. The Morgan fingerprint density at radius 3 is 2.68 bits per heavy atom. The standard InChI is InChI=1S/C17H14BrClN2O2S2/c1-8-6-10(18)7-11(23-3)14(8)21-16(22)15-9(2)20-17(25-15)12-4-5-13(19)24-12/h4-7H,1-3H3,(H,21,22). The van der Waals surface area contributed by atoms with Gasteiger partial charge in [-0.25, -0.2) is 4.98 Å². The van der Waals surface area contributed by atoms with E-state index in [1.807, 2.05) is 38.1 Å². The van der Waals surface area contributed by atoms with Crippen LogP contribution in [-0.2, 0) is 0 Å². The number of methoxy groups -OCH3 is 1. The van der Waals surface area contributed by atoms with Crippen molar-refractivity contribution >= 4 is 61.8 Å². The first-order valence-corrected chi connectivity index (χ1v) is 10.1. The zero-order valence-electron chi connectivity index (χ0n) is 13.6. The van der Waals surface area contributed by atoms with E-state index in [1.54, 1.807) is 7.11 Å². The summed E-state index contributed by atoms with van der Waals surface area (Å²) in [6.45, 7) is 3.75. The third-order valence-electron chi connectivity index (χ3n) is 3.51. The largest absolute Gasteiger partial charge is 0.495 e. The molecule has 0 fully saturated rings. The summed E-state index contributed by atoms with van der Waals surface area (Å²) in [5.74, 6) is 0.403. The van der Waals surface area contributed by atoms with Gasteiger partial charge in [0.15, 0.2) is 0 Å². The average molecular weight is 458 g/mol. The van der Waals surface area contributed by atoms with E-state index in [1.165, 1.54) is 22.7 Å². The van der Waals surface area contributed by atoms with E-state index < -0.39 is 0 Å². The molecular formula is C17H14BrClN2O2S2. The predicted molar refractivity (Wildman–Crippen MR) is 109 cm³/mol. The van der Waals surface area contributed by atoms with Crippen LogP contribution in [0.5, 0.6) is 5.75 Å². The molecule has 0 aliphatic carbocycles. The summed E-state index contributed by atoms with van der Waals surface area (Å²) in [5.41, 5.74) is 2.26. The van der Waals surface area contributed by atoms with Gasteiger partial charge in [0.25, 0.3) is 5.91 Å². The molecule has 8 heteroatoms. The van der Waals surface area contributed by atoms with Gasteiger partial charge in [0.1, 0.15) is 15.6 Å². The molecule has 0 spiro atoms. The summed E-state index contributed by atoms with van der Waals surface area (Å²) in [4.78, 5) is 18.8. The third-order valence-corrected chi connectivity index (χ3v) is 6.52. The second kappa shape index (κ2) is 7.45. The number of carbonyl (C=O) groups excluding carboxylic acids is 1. The van der Waals surface area contributed by atoms with Crippen molar-refractivity contribution < 1.29 is 9.53 Å². The van der Waals surface area contributed by atoms with E-state index >= 15 is 0 Å². The van der Waals surface area contributed by atoms with E-state index in [9.17, 15) is 4.79 Å². The van der Waals surface area contributed by atoms with E-state index in [2.05, 4.69) is 26.2 Å². The van der Waals surface area contributed by atoms with Crippen molar-refractivity contribution in [3.63, 3.8) is 0 Å². The Hall–Kier alpha value is -1.41. The molecule has 0 bridgehead atoms. The Kier molecular flexibility index (Phi) is 5.48. The minimum atomic E-state index is -0.201. The number of hydrogen-bond donors (Lipinski definition) is 1. The molecule has 0 unspecified atom stereocenters. The maximum atomic E-state index is 12.8. The number of amides is 1. The Morgan fingerprint density at radius 1 is 1.28 bits per heavy atom. The molecule has 1 aromatic carbocycles. The zero-order chi connectivity index (χ0) is 18.1. The lowest BCUT2D eigenvalue weighted by Crippen LogP contribution is -2.13. The molecule has 4 nitrogen and oxygen atoms in total. The van der Waals surface area contributed by atoms with Crippen LogP contribution in [0, 0.1) is 13.8 Å². The van der Waals surface area contributed by atoms with Crippen LogP contribution in [0.1, 0.15) is 20.9 Å². The molecule has 3 rings (SSSR count). The van der Waals surface area contributed by atoms with Gasteiger partial charge in [-0.15, -0.1) is 22.7 Å². The van der Waals surface area contributed by atoms with Gasteiger partial charge in [-0.05, 0) is 43.7 Å². The molecule has 0 atom stereocenters. The summed E-state index contributed by atoms with van der Waals surface area (Å²) in [7, 11) is 1.58. The number of aryl methyl sites for hydroxylation is 2. The van der Waals surface area contributed by atoms with Gasteiger partial charge >= 0.3 is 0 Å². The number of nitrogens with one attached hydrogen (secondary N) is 1. The first-order chi connectivity index (χ1) is 11.9. The lowest BCUT2D eigenvalue weighted by molar-refractivity contribution is 0.102. The highest BCUT2D eigenvalue weighted by Crippen LogP contribution is 2.36. The quantitative estimate of drug-likeness (QED) is 0.510. The van der Waals surface area contributed by atoms with Crippen LogP contribution in [0.15, 0.2) is 28.7 Å². The molecule has 1 amide bonds. The van der Waals surface area contributed by atoms with Gasteiger partial charge in [0.05, 0.1) is 27.7 Å². The highest BCUT2D eigenvalue weighted by molar-refractivity contribution is 9.10. The Labute approximate surface area is 167 Å². The third kappa shape index (κ3) is 3.89. The van der Waals surface area contributed by atoms with Crippen LogP contribution in [-0.4, -0.2) is 18.0 Å². The number of carbonyl (C=O) groups is 1. The fraction of sp³-hybridized carbons (Fsp3) is 0.176. The van der Waals surface area contributed by atoms with Gasteiger partial charge in [-0.2, -0.15) is 0 Å². The minimum Gasteiger partial charge on any atom is -0.495 e. The van der Waals surface area contributed by atoms with Crippen molar-refractivity contribution in [1.82, 2.24) is 4.98 Å². The summed E-state index contributed by atoms with van der Waals surface area (Å²) < 4.78 is 6.97. The highest BCUT2D eigenvalue weighted by atomic mass is 79.9. The first kappa shape index (κ1) is 18.4. The number of thiazole rings is 1. The van der Waals surface area contributed by atoms with Gasteiger partial charge in [-0.1, -0.05) is 27.5 Å². The van der Waals surface area contributed by atoms with Crippen LogP contribution < -0.4 is 10.1 Å². The summed E-state index contributed by atoms with van der Waals surface area (Å²) >= 11 is 12.2. The number of thiophene rings is 1. The maximum absolute atomic E-state index is 12.8. The second-order valence-electron chi connectivity index (χ2n) is 5.29. The normalized spacial score (nSPS) is 10.8. The molecule has 2 heterocycles. The summed E-state index contributed by atoms with van der Waals surface area (Å²) in [6.07, 6.45) is 0. The molecule has 2 aromatic heterocycles. The molecule has 0 saturated carbocycles. The number of halogens is 2. The number of nitrogens with zero attached hydrogens (tertiary/aromatic N) is 1. The molecule has 0 aliphatic rings. The van der Waals surface area contributed by atoms with Crippen LogP contribution >= 0.6 is 50.2 Å². The van der Waals surface area contributed by atoms with E-state index in [-0.39, 0.29) is 5.91 Å². The number of anilines is 1. The lowest BCUT2D eigenvalue weighted by Gasteiger charge is -2.13. The van der Waals surface area contributed by atoms with Crippen molar-refractivity contribution in [2.24, 2.45) is 0 Å². The predicted octanol–water partition coefficient (Wildman–Crippen LogP) is 6.17. The summed E-state index contributed by atoms with van der Waals surface area (Å²) in [5, 5.41) is 3.74. The molecule has 3 aromatic rings. The van der Waals surface area contributed by atoms with E-state index in [4.69, 9.17) is 16.3 Å². The number of benzene rings is 1. The topological polar surface area (TPSA) is 51.2 Å². The van der Waals surface area contributed by atoms with Crippen molar-refractivity contribution in [1.29, 1.82) is 0 Å². The highest BCUT2D eigenvalue weighted by Gasteiger charge is 2.19. The monoisotopic (exact) mass is 456 g/mol. The minimum absolute atomic E-state index is 0.201. The van der Waals surface area contributed by atoms with Crippen molar-refractivity contribution in [2.75, 3.05) is 12.4 Å². The number of rotatable bonds is 4. The lowest BCUT2D eigenvalue weighted by atomic mass is 10.2. The molecule has 0 saturated heterocycles. The Bertz CT molecular complexity index is 952. The average Bonchev–Trinajstić information content (AvgIpc) is 3.15. The van der Waals surface area contributed by atoms with Crippen molar-refractivity contribution in [3.8, 4) is 15.6 Å². The maximum Gasteiger partial charge on any atom is 0.267 e. The number of aromatic nitrogens is 1. The molecule has 25 heavy (non-hydrogen) atoms. The first-order valence-electron chi connectivity index (χ1n) is 7.27. The number of ether oxygens (including phenoxy) is 1. The molecular weight excluding hydrogens is 444 g/mol. The summed E-state index contributed by atoms with van der Waals surface area (Å²) in [6, 6.07) is 7.49. The van der Waals surface area contributed by atoms with Gasteiger partial charge < -0.3 is 10.1 Å². The van der Waals surface area contributed by atoms with E-state index in [0.29, 0.717) is 26.3 Å². The SMILES string of the molecule is COc1cc(Br)cc(C)c1NC(=O)c1sc(-c2ccc(Cl)s2)nc1C. The molecule has 1 N–H and O–H groups in total. The van der Waals surface area contributed by atoms with Crippen LogP contribution in [0.4, 0.5) is 5.69 Å². The molecule has 130 valence electrons. The van der Waals surface area contributed by atoms with Gasteiger partial charge in [-0.3, -0.25) is 4.79 Å². The zero-order valence-corrected chi connectivity index (χ0v) is 17.6. The molecule has 0 aliphatic heterocycles. The van der Waals surface area contributed by atoms with Crippen LogP contribution in [0.3, 0.4) is 0 Å². The van der Waals surface area contributed by atoms with E-state index in [0.717, 1.165) is 19.9 Å². The fourth-order valence-corrected chi connectivity index (χ4v) is 4.96. The van der Waals surface area contributed by atoms with Crippen LogP contribution in [0.25, 0.3) is 9.88 Å². The van der Waals surface area contributed by atoms with Gasteiger partial charge in [0.2, 0.25) is 0 Å². The van der Waals surface area contributed by atoms with Crippen molar-refractivity contribution in [3.05, 3.63) is 49.2 Å². The molecule has 0 radical (unpaired) electrons. The smallest absolute Gasteiger partial charge is 0.267 e. The second-order valence-corrected chi connectivity index (χ2v) is 8.92. The fourth-order valence-electron chi connectivity index (χ4n) is 2.35. The Balaban J connectivity index is 1.91. The number of hydrogen-bond acceptors (Lipinski definition) is 5.